The molecule has 0 aliphatic heterocycles. The summed E-state index contributed by atoms with van der Waals surface area (Å²) < 4.78 is 0. The predicted octanol–water partition coefficient (Wildman–Crippen LogP) is 1.43. The average molecular weight is 244 g/mol. The molecule has 0 heterocycles. The van der Waals surface area contributed by atoms with Crippen LogP contribution in [0.4, 0.5) is 0 Å². The van der Waals surface area contributed by atoms with E-state index in [-0.39, 0.29) is 18.5 Å². The van der Waals surface area contributed by atoms with Gasteiger partial charge in [-0.3, -0.25) is 4.79 Å². The lowest BCUT2D eigenvalue weighted by Crippen LogP contribution is -2.58. The van der Waals surface area contributed by atoms with Crippen molar-refractivity contribution in [2.24, 2.45) is 0 Å². The Labute approximate surface area is 105 Å². The van der Waals surface area contributed by atoms with Crippen molar-refractivity contribution in [3.05, 3.63) is 0 Å². The summed E-state index contributed by atoms with van der Waals surface area (Å²) >= 11 is 0. The van der Waals surface area contributed by atoms with Crippen LogP contribution in [0, 0.1) is 0 Å². The fraction of sp³-hybridized carbons (Fsp3) is 0.923. The van der Waals surface area contributed by atoms with Gasteiger partial charge in [0.2, 0.25) is 5.91 Å². The Bertz CT molecular complexity index is 240. The molecule has 0 aromatic heterocycles. The van der Waals surface area contributed by atoms with Crippen molar-refractivity contribution in [3.8, 4) is 0 Å². The molecule has 0 spiro atoms. The molecular weight excluding hydrogens is 216 g/mol. The third-order valence-corrected chi connectivity index (χ3v) is 3.57. The van der Waals surface area contributed by atoms with E-state index in [1.807, 2.05) is 13.8 Å². The number of hydrogen-bond donors (Lipinski definition) is 3. The van der Waals surface area contributed by atoms with E-state index >= 15 is 0 Å². The summed E-state index contributed by atoms with van der Waals surface area (Å²) in [6.45, 7) is 11.6. The van der Waals surface area contributed by atoms with Crippen LogP contribution >= 0.6 is 0 Å². The molecule has 0 aliphatic carbocycles. The number of carbonyl (C=O) groups excluding carboxylic acids is 1. The molecule has 0 aliphatic rings. The lowest BCUT2D eigenvalue weighted by atomic mass is 9.86. The molecule has 0 bridgehead atoms. The summed E-state index contributed by atoms with van der Waals surface area (Å²) in [5, 5.41) is 16.0. The van der Waals surface area contributed by atoms with E-state index in [1.165, 1.54) is 0 Å². The molecule has 0 aromatic rings. The molecule has 17 heavy (non-hydrogen) atoms. The fourth-order valence-electron chi connectivity index (χ4n) is 1.29. The van der Waals surface area contributed by atoms with Crippen LogP contribution in [0.1, 0.15) is 54.4 Å². The molecule has 0 rings (SSSR count). The second kappa shape index (κ2) is 6.36. The van der Waals surface area contributed by atoms with Gasteiger partial charge in [-0.15, -0.1) is 0 Å². The van der Waals surface area contributed by atoms with E-state index in [4.69, 9.17) is 0 Å². The zero-order valence-corrected chi connectivity index (χ0v) is 12.1. The first-order valence-corrected chi connectivity index (χ1v) is 6.40. The smallest absolute Gasteiger partial charge is 0.234 e. The van der Waals surface area contributed by atoms with Crippen LogP contribution in [0.3, 0.4) is 0 Å². The van der Waals surface area contributed by atoms with Gasteiger partial charge >= 0.3 is 0 Å². The van der Waals surface area contributed by atoms with Crippen LogP contribution in [0.15, 0.2) is 0 Å². The summed E-state index contributed by atoms with van der Waals surface area (Å²) in [5.41, 5.74) is -1.37. The average Bonchev–Trinajstić information content (AvgIpc) is 2.21. The highest BCUT2D eigenvalue weighted by atomic mass is 16.3. The summed E-state index contributed by atoms with van der Waals surface area (Å²) in [5.74, 6) is -0.0176. The molecule has 4 heteroatoms. The SMILES string of the molecule is CCC(CC)NC(=O)CNC(C)(C)C(C)(C)O. The highest BCUT2D eigenvalue weighted by molar-refractivity contribution is 5.78. The van der Waals surface area contributed by atoms with E-state index in [0.29, 0.717) is 0 Å². The maximum atomic E-state index is 11.7. The zero-order valence-electron chi connectivity index (χ0n) is 12.1. The molecule has 1 amide bonds. The largest absolute Gasteiger partial charge is 0.389 e. The van der Waals surface area contributed by atoms with Gasteiger partial charge in [-0.2, -0.15) is 0 Å². The minimum Gasteiger partial charge on any atom is -0.389 e. The number of carbonyl (C=O) groups is 1. The lowest BCUT2D eigenvalue weighted by Gasteiger charge is -2.38. The molecule has 3 N–H and O–H groups in total. The summed E-state index contributed by atoms with van der Waals surface area (Å²) in [4.78, 5) is 11.7. The van der Waals surface area contributed by atoms with Gasteiger partial charge in [0.05, 0.1) is 12.1 Å². The molecule has 0 atom stereocenters. The first kappa shape index (κ1) is 16.4. The Balaban J connectivity index is 4.17. The van der Waals surface area contributed by atoms with Gasteiger partial charge in [0.1, 0.15) is 0 Å². The highest BCUT2D eigenvalue weighted by Gasteiger charge is 2.34. The van der Waals surface area contributed by atoms with Gasteiger partial charge in [-0.25, -0.2) is 0 Å². The molecule has 0 aromatic carbocycles. The van der Waals surface area contributed by atoms with E-state index in [0.717, 1.165) is 12.8 Å². The van der Waals surface area contributed by atoms with Crippen LogP contribution in [-0.4, -0.2) is 34.7 Å². The molecular formula is C13H28N2O2. The molecule has 102 valence electrons. The van der Waals surface area contributed by atoms with Crippen LogP contribution in [0.5, 0.6) is 0 Å². The quantitative estimate of drug-likeness (QED) is 0.635. The van der Waals surface area contributed by atoms with Gasteiger partial charge < -0.3 is 15.7 Å². The Morgan fingerprint density at radius 1 is 1.18 bits per heavy atom. The van der Waals surface area contributed by atoms with Crippen molar-refractivity contribution < 1.29 is 9.90 Å². The normalized spacial score (nSPS) is 12.9. The van der Waals surface area contributed by atoms with Gasteiger partial charge in [0, 0.05) is 11.6 Å². The van der Waals surface area contributed by atoms with Gasteiger partial charge in [-0.1, -0.05) is 13.8 Å². The van der Waals surface area contributed by atoms with Crippen molar-refractivity contribution >= 4 is 5.91 Å². The number of rotatable bonds is 7. The van der Waals surface area contributed by atoms with Gasteiger partial charge in [0.25, 0.3) is 0 Å². The molecule has 0 unspecified atom stereocenters. The van der Waals surface area contributed by atoms with Crippen LogP contribution < -0.4 is 10.6 Å². The molecule has 0 radical (unpaired) electrons. The lowest BCUT2D eigenvalue weighted by molar-refractivity contribution is -0.121. The van der Waals surface area contributed by atoms with Crippen LogP contribution in [0.25, 0.3) is 0 Å². The maximum absolute atomic E-state index is 11.7. The van der Waals surface area contributed by atoms with Crippen molar-refractivity contribution in [2.75, 3.05) is 6.54 Å². The van der Waals surface area contributed by atoms with Crippen molar-refractivity contribution in [3.63, 3.8) is 0 Å². The van der Waals surface area contributed by atoms with Crippen molar-refractivity contribution in [2.45, 2.75) is 71.6 Å². The van der Waals surface area contributed by atoms with Crippen LogP contribution in [-0.2, 0) is 4.79 Å². The Hall–Kier alpha value is -0.610. The Morgan fingerprint density at radius 3 is 2.00 bits per heavy atom. The third-order valence-electron chi connectivity index (χ3n) is 3.57. The molecule has 0 fully saturated rings. The summed E-state index contributed by atoms with van der Waals surface area (Å²) in [7, 11) is 0. The third kappa shape index (κ3) is 5.50. The molecule has 0 saturated heterocycles. The van der Waals surface area contributed by atoms with E-state index in [2.05, 4.69) is 24.5 Å². The topological polar surface area (TPSA) is 61.4 Å². The minimum absolute atomic E-state index is 0.0176. The number of hydrogen-bond acceptors (Lipinski definition) is 3. The molecule has 4 nitrogen and oxygen atoms in total. The van der Waals surface area contributed by atoms with Gasteiger partial charge in [-0.05, 0) is 40.5 Å². The van der Waals surface area contributed by atoms with E-state index < -0.39 is 11.1 Å². The second-order valence-corrected chi connectivity index (χ2v) is 5.62. The van der Waals surface area contributed by atoms with E-state index in [1.54, 1.807) is 13.8 Å². The Kier molecular flexibility index (Phi) is 6.13. The molecule has 0 saturated carbocycles. The number of aliphatic hydroxyl groups is 1. The van der Waals surface area contributed by atoms with Gasteiger partial charge in [0.15, 0.2) is 0 Å². The standard InChI is InChI=1S/C13H28N2O2/c1-7-10(8-2)15-11(16)9-14-12(3,4)13(5,6)17/h10,14,17H,7-9H2,1-6H3,(H,15,16). The summed E-state index contributed by atoms with van der Waals surface area (Å²) in [6, 6.07) is 0.245. The maximum Gasteiger partial charge on any atom is 0.234 e. The highest BCUT2D eigenvalue weighted by Crippen LogP contribution is 2.19. The first-order valence-electron chi connectivity index (χ1n) is 6.40. The van der Waals surface area contributed by atoms with E-state index in [9.17, 15) is 9.90 Å². The van der Waals surface area contributed by atoms with Crippen molar-refractivity contribution in [1.82, 2.24) is 10.6 Å². The van der Waals surface area contributed by atoms with Crippen LogP contribution in [0.2, 0.25) is 0 Å². The van der Waals surface area contributed by atoms with Crippen molar-refractivity contribution in [1.29, 1.82) is 0 Å². The second-order valence-electron chi connectivity index (χ2n) is 5.62. The monoisotopic (exact) mass is 244 g/mol. The fourth-order valence-corrected chi connectivity index (χ4v) is 1.29. The predicted molar refractivity (Wildman–Crippen MR) is 70.9 cm³/mol. The number of nitrogens with one attached hydrogen (secondary N) is 2. The Morgan fingerprint density at radius 2 is 1.65 bits per heavy atom. The first-order chi connectivity index (χ1) is 7.64. The zero-order chi connectivity index (χ0) is 13.7. The minimum atomic E-state index is -0.873. The number of amides is 1. The summed E-state index contributed by atoms with van der Waals surface area (Å²) in [6.07, 6.45) is 1.88.